The molecular weight excluding hydrogens is 432 g/mol. The van der Waals surface area contributed by atoms with Crippen LogP contribution in [0.1, 0.15) is 11.6 Å². The molecule has 0 radical (unpaired) electrons. The number of carbonyl (C=O) groups is 1. The van der Waals surface area contributed by atoms with Crippen LogP contribution >= 0.6 is 0 Å². The molecule has 164 valence electrons. The van der Waals surface area contributed by atoms with E-state index in [2.05, 4.69) is 14.7 Å². The minimum Gasteiger partial charge on any atom is -0.410 e. The first kappa shape index (κ1) is 21.5. The first-order chi connectivity index (χ1) is 15.4. The van der Waals surface area contributed by atoms with Crippen LogP contribution in [0.5, 0.6) is 5.75 Å². The first-order valence-corrected chi connectivity index (χ1v) is 11.1. The van der Waals surface area contributed by atoms with E-state index in [-0.39, 0.29) is 17.3 Å². The average molecular weight is 452 g/mol. The van der Waals surface area contributed by atoms with E-state index in [0.29, 0.717) is 28.0 Å². The highest BCUT2D eigenvalue weighted by Crippen LogP contribution is 2.25. The van der Waals surface area contributed by atoms with E-state index >= 15 is 0 Å². The van der Waals surface area contributed by atoms with Gasteiger partial charge >= 0.3 is 6.09 Å². The molecule has 5 N–H and O–H groups in total. The fraction of sp³-hybridized carbons (Fsp3) is 0.0909. The molecule has 1 heterocycles. The Labute approximate surface area is 183 Å². The Balaban J connectivity index is 1.56. The van der Waals surface area contributed by atoms with Gasteiger partial charge in [0.05, 0.1) is 28.6 Å². The molecule has 32 heavy (non-hydrogen) atoms. The highest BCUT2D eigenvalue weighted by molar-refractivity contribution is 7.89. The van der Waals surface area contributed by atoms with Crippen molar-refractivity contribution in [2.75, 3.05) is 6.61 Å². The van der Waals surface area contributed by atoms with Gasteiger partial charge in [0.15, 0.2) is 0 Å². The lowest BCUT2D eigenvalue weighted by Gasteiger charge is -2.17. The summed E-state index contributed by atoms with van der Waals surface area (Å²) in [5, 5.41) is 9.65. The van der Waals surface area contributed by atoms with E-state index in [9.17, 15) is 18.3 Å². The van der Waals surface area contributed by atoms with Gasteiger partial charge in [0.2, 0.25) is 10.0 Å². The number of aromatic nitrogens is 2. The predicted octanol–water partition coefficient (Wildman–Crippen LogP) is 2.70. The first-order valence-electron chi connectivity index (χ1n) is 9.61. The summed E-state index contributed by atoms with van der Waals surface area (Å²) in [5.41, 5.74) is 7.63. The zero-order chi connectivity index (χ0) is 22.7. The van der Waals surface area contributed by atoms with Crippen LogP contribution in [0.25, 0.3) is 22.4 Å². The number of amides is 1. The summed E-state index contributed by atoms with van der Waals surface area (Å²) >= 11 is 0. The molecule has 0 unspecified atom stereocenters. The number of fused-ring (bicyclic) bond motifs is 1. The Morgan fingerprint density at radius 1 is 1.09 bits per heavy atom. The minimum atomic E-state index is -3.86. The number of nitrogens with two attached hydrogens (primary N) is 1. The Kier molecular flexibility index (Phi) is 5.91. The molecule has 4 aromatic rings. The lowest BCUT2D eigenvalue weighted by molar-refractivity contribution is 0.211. The molecule has 10 heteroatoms. The van der Waals surface area contributed by atoms with Gasteiger partial charge in [0.1, 0.15) is 11.6 Å². The van der Waals surface area contributed by atoms with Crippen LogP contribution in [0.15, 0.2) is 77.7 Å². The Bertz CT molecular complexity index is 1350. The summed E-state index contributed by atoms with van der Waals surface area (Å²) in [6.45, 7) is -0.373. The quantitative estimate of drug-likeness (QED) is 0.339. The summed E-state index contributed by atoms with van der Waals surface area (Å²) in [7, 11) is -3.86. The Morgan fingerprint density at radius 3 is 2.47 bits per heavy atom. The molecule has 3 aromatic carbocycles. The zero-order valence-corrected chi connectivity index (χ0v) is 17.5. The van der Waals surface area contributed by atoms with Crippen molar-refractivity contribution < 1.29 is 23.1 Å². The van der Waals surface area contributed by atoms with E-state index in [0.717, 1.165) is 0 Å². The molecule has 9 nitrogen and oxygen atoms in total. The van der Waals surface area contributed by atoms with Gasteiger partial charge < -0.3 is 20.6 Å². The fourth-order valence-corrected chi connectivity index (χ4v) is 4.46. The molecule has 4 rings (SSSR count). The summed E-state index contributed by atoms with van der Waals surface area (Å²) in [6.07, 6.45) is -0.912. The minimum absolute atomic E-state index is 0.0592. The van der Waals surface area contributed by atoms with Crippen LogP contribution in [-0.4, -0.2) is 36.2 Å². The number of sulfonamides is 1. The lowest BCUT2D eigenvalue weighted by atomic mass is 10.1. The van der Waals surface area contributed by atoms with Crippen molar-refractivity contribution >= 4 is 27.1 Å². The molecule has 0 spiro atoms. The summed E-state index contributed by atoms with van der Waals surface area (Å²) < 4.78 is 33.0. The number of nitrogens with zero attached hydrogens (tertiary/aromatic N) is 1. The maximum Gasteiger partial charge on any atom is 0.409 e. The number of aliphatic hydroxyl groups is 1. The van der Waals surface area contributed by atoms with E-state index in [1.54, 1.807) is 54.6 Å². The molecule has 0 saturated heterocycles. The molecular formula is C22H20N4O5S. The van der Waals surface area contributed by atoms with Gasteiger partial charge in [0, 0.05) is 11.6 Å². The standard InChI is InChI=1S/C22H20N4O5S/c23-22(28)31-16-8-11-18-19(12-16)25-21(24-18)15-6-9-17(10-7-15)32(29,30)26-20(13-27)14-4-2-1-3-5-14/h1-12,20,26-27H,13H2,(H2,23,28)(H,24,25)/t20-/m0/s1. The molecule has 1 aromatic heterocycles. The maximum atomic E-state index is 12.8. The van der Waals surface area contributed by atoms with Crippen molar-refractivity contribution in [1.82, 2.24) is 14.7 Å². The van der Waals surface area contributed by atoms with Gasteiger partial charge in [-0.1, -0.05) is 30.3 Å². The second-order valence-corrected chi connectivity index (χ2v) is 8.69. The second kappa shape index (κ2) is 8.79. The normalized spacial score (nSPS) is 12.5. The van der Waals surface area contributed by atoms with Crippen molar-refractivity contribution in [3.63, 3.8) is 0 Å². The number of hydrogen-bond acceptors (Lipinski definition) is 6. The summed E-state index contributed by atoms with van der Waals surface area (Å²) in [6, 6.07) is 19.1. The SMILES string of the molecule is NC(=O)Oc1ccc2nc(-c3ccc(S(=O)(=O)N[C@@H](CO)c4ccccc4)cc3)[nH]c2c1. The maximum absolute atomic E-state index is 12.8. The topological polar surface area (TPSA) is 147 Å². The predicted molar refractivity (Wildman–Crippen MR) is 118 cm³/mol. The van der Waals surface area contributed by atoms with Crippen LogP contribution in [0.2, 0.25) is 0 Å². The number of ether oxygens (including phenoxy) is 1. The number of aromatic amines is 1. The monoisotopic (exact) mass is 452 g/mol. The number of primary amides is 1. The van der Waals surface area contributed by atoms with Crippen LogP contribution in [0.4, 0.5) is 4.79 Å². The van der Waals surface area contributed by atoms with Crippen LogP contribution in [-0.2, 0) is 10.0 Å². The molecule has 0 aliphatic heterocycles. The van der Waals surface area contributed by atoms with Crippen LogP contribution in [0.3, 0.4) is 0 Å². The number of nitrogens with one attached hydrogen (secondary N) is 2. The third-order valence-corrected chi connectivity index (χ3v) is 6.28. The van der Waals surface area contributed by atoms with E-state index < -0.39 is 22.2 Å². The van der Waals surface area contributed by atoms with Crippen molar-refractivity contribution in [3.8, 4) is 17.1 Å². The molecule has 1 amide bonds. The van der Waals surface area contributed by atoms with E-state index in [1.165, 1.54) is 12.1 Å². The van der Waals surface area contributed by atoms with Gasteiger partial charge in [0.25, 0.3) is 0 Å². The van der Waals surface area contributed by atoms with Gasteiger partial charge in [-0.15, -0.1) is 0 Å². The molecule has 0 aliphatic carbocycles. The smallest absolute Gasteiger partial charge is 0.409 e. The molecule has 0 aliphatic rings. The van der Waals surface area contributed by atoms with Crippen LogP contribution in [0, 0.1) is 0 Å². The third-order valence-electron chi connectivity index (χ3n) is 4.79. The largest absolute Gasteiger partial charge is 0.410 e. The van der Waals surface area contributed by atoms with Crippen molar-refractivity contribution in [3.05, 3.63) is 78.4 Å². The zero-order valence-electron chi connectivity index (χ0n) is 16.7. The van der Waals surface area contributed by atoms with Crippen LogP contribution < -0.4 is 15.2 Å². The number of carbonyl (C=O) groups excluding carboxylic acids is 1. The van der Waals surface area contributed by atoms with Gasteiger partial charge in [-0.3, -0.25) is 0 Å². The number of aliphatic hydroxyl groups excluding tert-OH is 1. The number of benzene rings is 3. The summed E-state index contributed by atoms with van der Waals surface area (Å²) in [4.78, 5) is 18.6. The number of imidazole rings is 1. The molecule has 0 bridgehead atoms. The van der Waals surface area contributed by atoms with Gasteiger partial charge in [-0.25, -0.2) is 22.9 Å². The third kappa shape index (κ3) is 4.62. The lowest BCUT2D eigenvalue weighted by Crippen LogP contribution is -2.30. The highest BCUT2D eigenvalue weighted by Gasteiger charge is 2.21. The van der Waals surface area contributed by atoms with Crippen molar-refractivity contribution in [2.45, 2.75) is 10.9 Å². The number of H-pyrrole nitrogens is 1. The van der Waals surface area contributed by atoms with Gasteiger partial charge in [-0.2, -0.15) is 0 Å². The molecule has 0 fully saturated rings. The second-order valence-electron chi connectivity index (χ2n) is 6.98. The highest BCUT2D eigenvalue weighted by atomic mass is 32.2. The average Bonchev–Trinajstić information content (AvgIpc) is 3.21. The van der Waals surface area contributed by atoms with Crippen molar-refractivity contribution in [2.24, 2.45) is 5.73 Å². The van der Waals surface area contributed by atoms with Gasteiger partial charge in [-0.05, 0) is 42.0 Å². The van der Waals surface area contributed by atoms with Crippen molar-refractivity contribution in [1.29, 1.82) is 0 Å². The fourth-order valence-electron chi connectivity index (χ4n) is 3.25. The Hall–Kier alpha value is -3.73. The van der Waals surface area contributed by atoms with E-state index in [4.69, 9.17) is 10.5 Å². The molecule has 0 saturated carbocycles. The number of rotatable bonds is 7. The number of hydrogen-bond donors (Lipinski definition) is 4. The molecule has 1 atom stereocenters. The Morgan fingerprint density at radius 2 is 1.81 bits per heavy atom. The van der Waals surface area contributed by atoms with E-state index in [1.807, 2.05) is 6.07 Å². The summed E-state index contributed by atoms with van der Waals surface area (Å²) in [5.74, 6) is 0.801.